The molecular weight excluding hydrogens is 220 g/mol. The second-order valence-corrected chi connectivity index (χ2v) is 4.94. The lowest BCUT2D eigenvalue weighted by Crippen LogP contribution is -2.41. The Morgan fingerprint density at radius 1 is 1.24 bits per heavy atom. The lowest BCUT2D eigenvalue weighted by molar-refractivity contribution is -0.138. The summed E-state index contributed by atoms with van der Waals surface area (Å²) in [7, 11) is 3.97. The van der Waals surface area contributed by atoms with Crippen molar-refractivity contribution in [3.8, 4) is 0 Å². The van der Waals surface area contributed by atoms with E-state index >= 15 is 0 Å². The summed E-state index contributed by atoms with van der Waals surface area (Å²) < 4.78 is 0. The third-order valence-electron chi connectivity index (χ3n) is 2.57. The van der Waals surface area contributed by atoms with E-state index < -0.39 is 5.97 Å². The summed E-state index contributed by atoms with van der Waals surface area (Å²) >= 11 is 0. The van der Waals surface area contributed by atoms with E-state index in [-0.39, 0.29) is 18.7 Å². The highest BCUT2D eigenvalue weighted by molar-refractivity contribution is 5.80. The highest BCUT2D eigenvalue weighted by Crippen LogP contribution is 2.08. The van der Waals surface area contributed by atoms with Gasteiger partial charge in [0.2, 0.25) is 5.91 Å². The number of aliphatic carboxylic acids is 1. The first-order valence-corrected chi connectivity index (χ1v) is 5.97. The Bertz CT molecular complexity index is 252. The van der Waals surface area contributed by atoms with Gasteiger partial charge in [-0.25, -0.2) is 0 Å². The molecule has 17 heavy (non-hydrogen) atoms. The Kier molecular flexibility index (Phi) is 7.54. The van der Waals surface area contributed by atoms with Gasteiger partial charge in [-0.05, 0) is 26.4 Å². The Morgan fingerprint density at radius 3 is 2.24 bits per heavy atom. The number of carbonyl (C=O) groups is 2. The molecule has 0 aromatic rings. The number of likely N-dealkylation sites (N-methyl/N-ethyl adjacent to an activating group) is 1. The molecule has 2 N–H and O–H groups in total. The fourth-order valence-electron chi connectivity index (χ4n) is 1.56. The molecule has 0 aliphatic heterocycles. The van der Waals surface area contributed by atoms with Crippen molar-refractivity contribution in [1.29, 1.82) is 0 Å². The number of carbonyl (C=O) groups excluding carboxylic acids is 1. The number of carboxylic acids is 1. The van der Waals surface area contributed by atoms with E-state index in [2.05, 4.69) is 24.1 Å². The maximum absolute atomic E-state index is 11.4. The largest absolute Gasteiger partial charge is 0.481 e. The van der Waals surface area contributed by atoms with Crippen molar-refractivity contribution in [2.45, 2.75) is 39.2 Å². The second kappa shape index (κ2) is 8.06. The smallest absolute Gasteiger partial charge is 0.303 e. The fraction of sp³-hybridized carbons (Fsp3) is 0.833. The summed E-state index contributed by atoms with van der Waals surface area (Å²) in [6.45, 7) is 4.86. The number of hydrogen-bond acceptors (Lipinski definition) is 3. The summed E-state index contributed by atoms with van der Waals surface area (Å²) in [5, 5.41) is 11.2. The molecule has 5 heteroatoms. The van der Waals surface area contributed by atoms with Crippen LogP contribution in [0.2, 0.25) is 0 Å². The third-order valence-corrected chi connectivity index (χ3v) is 2.57. The second-order valence-electron chi connectivity index (χ2n) is 4.94. The number of hydrogen-bond donors (Lipinski definition) is 2. The minimum absolute atomic E-state index is 0.0527. The fourth-order valence-corrected chi connectivity index (χ4v) is 1.56. The van der Waals surface area contributed by atoms with E-state index in [1.54, 1.807) is 0 Å². The van der Waals surface area contributed by atoms with E-state index in [4.69, 9.17) is 5.11 Å². The van der Waals surface area contributed by atoms with Crippen LogP contribution < -0.4 is 5.32 Å². The van der Waals surface area contributed by atoms with Crippen LogP contribution in [0.15, 0.2) is 0 Å². The first-order chi connectivity index (χ1) is 7.82. The van der Waals surface area contributed by atoms with Gasteiger partial charge in [0.05, 0.1) is 6.42 Å². The van der Waals surface area contributed by atoms with E-state index in [0.717, 1.165) is 6.42 Å². The molecule has 0 heterocycles. The highest BCUT2D eigenvalue weighted by atomic mass is 16.4. The average Bonchev–Trinajstić information content (AvgIpc) is 2.20. The van der Waals surface area contributed by atoms with E-state index in [1.807, 2.05) is 14.1 Å². The van der Waals surface area contributed by atoms with Gasteiger partial charge in [0.15, 0.2) is 0 Å². The topological polar surface area (TPSA) is 69.6 Å². The molecule has 0 radical (unpaired) electrons. The molecule has 1 unspecified atom stereocenters. The van der Waals surface area contributed by atoms with Crippen molar-refractivity contribution in [3.63, 3.8) is 0 Å². The van der Waals surface area contributed by atoms with Crippen molar-refractivity contribution in [3.05, 3.63) is 0 Å². The highest BCUT2D eigenvalue weighted by Gasteiger charge is 2.14. The predicted molar refractivity (Wildman–Crippen MR) is 66.8 cm³/mol. The van der Waals surface area contributed by atoms with Gasteiger partial charge in [0.1, 0.15) is 0 Å². The SMILES string of the molecule is CC(C)CC(CNC(=O)CCC(=O)O)N(C)C. The molecule has 0 aliphatic carbocycles. The zero-order valence-electron chi connectivity index (χ0n) is 11.2. The molecule has 0 aromatic heterocycles. The first-order valence-electron chi connectivity index (χ1n) is 5.97. The van der Waals surface area contributed by atoms with E-state index in [9.17, 15) is 9.59 Å². The third kappa shape index (κ3) is 8.68. The predicted octanol–water partition coefficient (Wildman–Crippen LogP) is 0.944. The molecule has 1 amide bonds. The molecule has 5 nitrogen and oxygen atoms in total. The molecule has 0 fully saturated rings. The van der Waals surface area contributed by atoms with E-state index in [0.29, 0.717) is 18.5 Å². The summed E-state index contributed by atoms with van der Waals surface area (Å²) in [6, 6.07) is 0.295. The van der Waals surface area contributed by atoms with Crippen LogP contribution in [-0.4, -0.2) is 48.6 Å². The van der Waals surface area contributed by atoms with E-state index in [1.165, 1.54) is 0 Å². The minimum Gasteiger partial charge on any atom is -0.481 e. The maximum atomic E-state index is 11.4. The zero-order chi connectivity index (χ0) is 13.4. The van der Waals surface area contributed by atoms with Crippen molar-refractivity contribution in [2.75, 3.05) is 20.6 Å². The van der Waals surface area contributed by atoms with Gasteiger partial charge in [0.25, 0.3) is 0 Å². The van der Waals surface area contributed by atoms with Gasteiger partial charge < -0.3 is 15.3 Å². The molecule has 100 valence electrons. The van der Waals surface area contributed by atoms with Crippen LogP contribution in [0.1, 0.15) is 33.1 Å². The standard InChI is InChI=1S/C12H24N2O3/c1-9(2)7-10(14(3)4)8-13-11(15)5-6-12(16)17/h9-10H,5-8H2,1-4H3,(H,13,15)(H,16,17). The summed E-state index contributed by atoms with van der Waals surface area (Å²) in [6.07, 6.45) is 0.950. The molecule has 0 spiro atoms. The van der Waals surface area contributed by atoms with Gasteiger partial charge in [-0.2, -0.15) is 0 Å². The number of amides is 1. The maximum Gasteiger partial charge on any atom is 0.303 e. The van der Waals surface area contributed by atoms with Crippen LogP contribution >= 0.6 is 0 Å². The number of carboxylic acid groups (broad SMARTS) is 1. The van der Waals surface area contributed by atoms with Crippen molar-refractivity contribution in [1.82, 2.24) is 10.2 Å². The van der Waals surface area contributed by atoms with Crippen LogP contribution in [-0.2, 0) is 9.59 Å². The minimum atomic E-state index is -0.938. The van der Waals surface area contributed by atoms with Gasteiger partial charge in [-0.15, -0.1) is 0 Å². The summed E-state index contributed by atoms with van der Waals surface area (Å²) in [5.74, 6) is -0.562. The Balaban J connectivity index is 3.95. The number of nitrogens with one attached hydrogen (secondary N) is 1. The molecule has 0 saturated heterocycles. The molecule has 0 aliphatic rings. The van der Waals surface area contributed by atoms with Gasteiger partial charge in [-0.3, -0.25) is 9.59 Å². The van der Waals surface area contributed by atoms with Crippen LogP contribution in [0.3, 0.4) is 0 Å². The van der Waals surface area contributed by atoms with Gasteiger partial charge in [0, 0.05) is 19.0 Å². The quantitative estimate of drug-likeness (QED) is 0.667. The molecule has 0 aromatic carbocycles. The van der Waals surface area contributed by atoms with Crippen molar-refractivity contribution >= 4 is 11.9 Å². The van der Waals surface area contributed by atoms with Crippen molar-refractivity contribution in [2.24, 2.45) is 5.92 Å². The van der Waals surface area contributed by atoms with Crippen molar-refractivity contribution < 1.29 is 14.7 Å². The summed E-state index contributed by atoms with van der Waals surface area (Å²) in [5.41, 5.74) is 0. The Hall–Kier alpha value is -1.10. The Labute approximate surface area is 103 Å². The lowest BCUT2D eigenvalue weighted by atomic mass is 10.0. The van der Waals surface area contributed by atoms with Gasteiger partial charge >= 0.3 is 5.97 Å². The van der Waals surface area contributed by atoms with Crippen LogP contribution in [0, 0.1) is 5.92 Å². The zero-order valence-corrected chi connectivity index (χ0v) is 11.2. The first kappa shape index (κ1) is 15.9. The molecule has 0 saturated carbocycles. The number of rotatable bonds is 8. The normalized spacial score (nSPS) is 12.8. The molecule has 1 atom stereocenters. The van der Waals surface area contributed by atoms with Crippen LogP contribution in [0.25, 0.3) is 0 Å². The average molecular weight is 244 g/mol. The molecular formula is C12H24N2O3. The monoisotopic (exact) mass is 244 g/mol. The lowest BCUT2D eigenvalue weighted by Gasteiger charge is -2.26. The van der Waals surface area contributed by atoms with Gasteiger partial charge in [-0.1, -0.05) is 13.8 Å². The van der Waals surface area contributed by atoms with Crippen LogP contribution in [0.5, 0.6) is 0 Å². The van der Waals surface area contributed by atoms with Crippen LogP contribution in [0.4, 0.5) is 0 Å². The molecule has 0 rings (SSSR count). The number of nitrogens with zero attached hydrogens (tertiary/aromatic N) is 1. The summed E-state index contributed by atoms with van der Waals surface area (Å²) in [4.78, 5) is 23.8. The molecule has 0 bridgehead atoms. The Morgan fingerprint density at radius 2 is 1.82 bits per heavy atom.